The van der Waals surface area contributed by atoms with Gasteiger partial charge in [-0.05, 0) is 42.9 Å². The predicted octanol–water partition coefficient (Wildman–Crippen LogP) is 1.51. The van der Waals surface area contributed by atoms with Gasteiger partial charge in [0.15, 0.2) is 0 Å². The highest BCUT2D eigenvalue weighted by Crippen LogP contribution is 2.53. The van der Waals surface area contributed by atoms with Crippen molar-refractivity contribution in [2.75, 3.05) is 13.2 Å². The van der Waals surface area contributed by atoms with Crippen molar-refractivity contribution >= 4 is 0 Å². The van der Waals surface area contributed by atoms with Crippen molar-refractivity contribution in [2.24, 2.45) is 11.7 Å². The average Bonchev–Trinajstić information content (AvgIpc) is 2.97. The topological polar surface area (TPSA) is 46.2 Å². The molecule has 1 fully saturated rings. The average molecular weight is 205 g/mol. The van der Waals surface area contributed by atoms with E-state index in [-0.39, 0.29) is 12.0 Å². The minimum Gasteiger partial charge on any atom is -0.396 e. The lowest BCUT2D eigenvalue weighted by Crippen LogP contribution is -2.23. The van der Waals surface area contributed by atoms with Gasteiger partial charge < -0.3 is 10.8 Å². The van der Waals surface area contributed by atoms with Gasteiger partial charge in [-0.1, -0.05) is 18.2 Å². The first kappa shape index (κ1) is 10.7. The van der Waals surface area contributed by atoms with Gasteiger partial charge in [0.1, 0.15) is 0 Å². The van der Waals surface area contributed by atoms with Gasteiger partial charge in [-0.15, -0.1) is 0 Å². The second-order valence-corrected chi connectivity index (χ2v) is 4.74. The Balaban J connectivity index is 2.33. The van der Waals surface area contributed by atoms with E-state index in [1.807, 2.05) is 0 Å². The molecule has 0 bridgehead atoms. The van der Waals surface area contributed by atoms with E-state index in [2.05, 4.69) is 32.0 Å². The van der Waals surface area contributed by atoms with E-state index in [0.717, 1.165) is 6.42 Å². The molecule has 0 amide bonds. The zero-order valence-electron chi connectivity index (χ0n) is 9.46. The van der Waals surface area contributed by atoms with Crippen LogP contribution in [0.2, 0.25) is 0 Å². The molecule has 0 unspecified atom stereocenters. The van der Waals surface area contributed by atoms with E-state index in [1.165, 1.54) is 16.7 Å². The van der Waals surface area contributed by atoms with Crippen LogP contribution in [0.25, 0.3) is 0 Å². The second kappa shape index (κ2) is 3.62. The van der Waals surface area contributed by atoms with Crippen LogP contribution in [0.1, 0.15) is 23.1 Å². The summed E-state index contributed by atoms with van der Waals surface area (Å²) in [6.07, 6.45) is 1.03. The van der Waals surface area contributed by atoms with Gasteiger partial charge in [0.25, 0.3) is 0 Å². The van der Waals surface area contributed by atoms with Gasteiger partial charge in [0, 0.05) is 18.6 Å². The van der Waals surface area contributed by atoms with Crippen molar-refractivity contribution in [1.29, 1.82) is 0 Å². The lowest BCUT2D eigenvalue weighted by Gasteiger charge is -2.16. The number of aliphatic hydroxyl groups excluding tert-OH is 1. The van der Waals surface area contributed by atoms with Crippen molar-refractivity contribution in [3.63, 3.8) is 0 Å². The first-order valence-corrected chi connectivity index (χ1v) is 5.52. The molecular formula is C13H19NO. The molecule has 0 aliphatic heterocycles. The van der Waals surface area contributed by atoms with E-state index in [1.54, 1.807) is 0 Å². The predicted molar refractivity (Wildman–Crippen MR) is 61.8 cm³/mol. The van der Waals surface area contributed by atoms with Crippen molar-refractivity contribution < 1.29 is 5.11 Å². The monoisotopic (exact) mass is 205 g/mol. The van der Waals surface area contributed by atoms with Crippen LogP contribution >= 0.6 is 0 Å². The summed E-state index contributed by atoms with van der Waals surface area (Å²) in [5.74, 6) is 0.365. The van der Waals surface area contributed by atoms with E-state index in [9.17, 15) is 5.11 Å². The lowest BCUT2D eigenvalue weighted by molar-refractivity contribution is 0.264. The molecule has 1 aliphatic carbocycles. The minimum atomic E-state index is 0.0627. The van der Waals surface area contributed by atoms with Gasteiger partial charge in [-0.3, -0.25) is 0 Å². The van der Waals surface area contributed by atoms with Crippen molar-refractivity contribution in [2.45, 2.75) is 25.7 Å². The third-order valence-electron chi connectivity index (χ3n) is 3.90. The van der Waals surface area contributed by atoms with Gasteiger partial charge >= 0.3 is 0 Å². The molecule has 2 rings (SSSR count). The van der Waals surface area contributed by atoms with Gasteiger partial charge in [-0.2, -0.15) is 0 Å². The van der Waals surface area contributed by atoms with Crippen LogP contribution in [0, 0.1) is 19.8 Å². The summed E-state index contributed by atoms with van der Waals surface area (Å²) < 4.78 is 0. The molecule has 2 nitrogen and oxygen atoms in total. The molecule has 82 valence electrons. The lowest BCUT2D eigenvalue weighted by atomic mass is 9.91. The Morgan fingerprint density at radius 3 is 2.60 bits per heavy atom. The molecule has 1 aliphatic rings. The normalized spacial score (nSPS) is 29.2. The smallest absolute Gasteiger partial charge is 0.0468 e. The summed E-state index contributed by atoms with van der Waals surface area (Å²) in [5.41, 5.74) is 9.83. The number of benzene rings is 1. The maximum Gasteiger partial charge on any atom is 0.0468 e. The van der Waals surface area contributed by atoms with Crippen LogP contribution < -0.4 is 5.73 Å². The fraction of sp³-hybridized carbons (Fsp3) is 0.538. The molecule has 1 aromatic rings. The Hall–Kier alpha value is -0.860. The second-order valence-electron chi connectivity index (χ2n) is 4.74. The number of rotatable bonds is 3. The molecule has 0 radical (unpaired) electrons. The fourth-order valence-electron chi connectivity index (χ4n) is 2.39. The van der Waals surface area contributed by atoms with Gasteiger partial charge in [-0.25, -0.2) is 0 Å². The van der Waals surface area contributed by atoms with Crippen LogP contribution in [0.3, 0.4) is 0 Å². The number of aryl methyl sites for hydroxylation is 2. The van der Waals surface area contributed by atoms with Crippen molar-refractivity contribution in [1.82, 2.24) is 0 Å². The first-order chi connectivity index (χ1) is 7.14. The largest absolute Gasteiger partial charge is 0.396 e. The van der Waals surface area contributed by atoms with Gasteiger partial charge in [0.05, 0.1) is 0 Å². The highest BCUT2D eigenvalue weighted by Gasteiger charge is 2.53. The Morgan fingerprint density at radius 2 is 2.13 bits per heavy atom. The number of hydrogen-bond acceptors (Lipinski definition) is 2. The summed E-state index contributed by atoms with van der Waals surface area (Å²) in [6.45, 7) is 5.13. The van der Waals surface area contributed by atoms with Crippen LogP contribution in [-0.4, -0.2) is 18.3 Å². The number of aliphatic hydroxyl groups is 1. The SMILES string of the molecule is Cc1ccc([C@@]2(CN)C[C@@H]2CO)cc1C. The standard InChI is InChI=1S/C13H19NO/c1-9-3-4-11(5-10(9)2)13(8-14)6-12(13)7-15/h3-5,12,15H,6-8,14H2,1-2H3/t12-,13+/m1/s1. The fourth-order valence-corrected chi connectivity index (χ4v) is 2.39. The third kappa shape index (κ3) is 1.58. The molecule has 0 aromatic heterocycles. The van der Waals surface area contributed by atoms with E-state index in [0.29, 0.717) is 12.5 Å². The zero-order valence-corrected chi connectivity index (χ0v) is 9.46. The Kier molecular flexibility index (Phi) is 2.57. The van der Waals surface area contributed by atoms with Crippen molar-refractivity contribution in [3.8, 4) is 0 Å². The summed E-state index contributed by atoms with van der Waals surface area (Å²) in [5, 5.41) is 9.20. The molecule has 2 heteroatoms. The molecule has 2 atom stereocenters. The highest BCUT2D eigenvalue weighted by molar-refractivity contribution is 5.39. The third-order valence-corrected chi connectivity index (χ3v) is 3.90. The summed E-state index contributed by atoms with van der Waals surface area (Å²) >= 11 is 0. The van der Waals surface area contributed by atoms with Crippen LogP contribution in [-0.2, 0) is 5.41 Å². The van der Waals surface area contributed by atoms with Gasteiger partial charge in [0.2, 0.25) is 0 Å². The maximum absolute atomic E-state index is 9.20. The van der Waals surface area contributed by atoms with E-state index in [4.69, 9.17) is 5.73 Å². The van der Waals surface area contributed by atoms with Crippen LogP contribution in [0.15, 0.2) is 18.2 Å². The summed E-state index contributed by atoms with van der Waals surface area (Å²) in [4.78, 5) is 0. The first-order valence-electron chi connectivity index (χ1n) is 5.52. The quantitative estimate of drug-likeness (QED) is 0.785. The molecular weight excluding hydrogens is 186 g/mol. The van der Waals surface area contributed by atoms with E-state index >= 15 is 0 Å². The zero-order chi connectivity index (χ0) is 11.1. The molecule has 1 saturated carbocycles. The molecule has 15 heavy (non-hydrogen) atoms. The Labute approximate surface area is 91.1 Å². The molecule has 0 heterocycles. The molecule has 0 spiro atoms. The molecule has 3 N–H and O–H groups in total. The Bertz CT molecular complexity index is 375. The van der Waals surface area contributed by atoms with E-state index < -0.39 is 0 Å². The number of hydrogen-bond donors (Lipinski definition) is 2. The summed E-state index contributed by atoms with van der Waals surface area (Å²) in [7, 11) is 0. The summed E-state index contributed by atoms with van der Waals surface area (Å²) in [6, 6.07) is 6.53. The maximum atomic E-state index is 9.20. The van der Waals surface area contributed by atoms with Crippen LogP contribution in [0.4, 0.5) is 0 Å². The Morgan fingerprint density at radius 1 is 1.40 bits per heavy atom. The van der Waals surface area contributed by atoms with Crippen LogP contribution in [0.5, 0.6) is 0 Å². The highest BCUT2D eigenvalue weighted by atomic mass is 16.3. The van der Waals surface area contributed by atoms with Crippen molar-refractivity contribution in [3.05, 3.63) is 34.9 Å². The molecule has 0 saturated heterocycles. The molecule has 1 aromatic carbocycles. The number of nitrogens with two attached hydrogens (primary N) is 1. The minimum absolute atomic E-state index is 0.0627.